The Morgan fingerprint density at radius 3 is 2.19 bits per heavy atom. The Balaban J connectivity index is 1.48. The summed E-state index contributed by atoms with van der Waals surface area (Å²) < 4.78 is 5.52. The fourth-order valence-corrected chi connectivity index (χ4v) is 2.95. The van der Waals surface area contributed by atoms with Crippen molar-refractivity contribution in [2.75, 3.05) is 17.2 Å². The Labute approximate surface area is 185 Å². The van der Waals surface area contributed by atoms with Crippen molar-refractivity contribution < 1.29 is 19.1 Å². The Hall–Kier alpha value is -4.20. The van der Waals surface area contributed by atoms with Crippen LogP contribution in [0.25, 0.3) is 10.8 Å². The van der Waals surface area contributed by atoms with Gasteiger partial charge in [-0.15, -0.1) is 0 Å². The lowest BCUT2D eigenvalue weighted by Gasteiger charge is -2.11. The molecule has 164 valence electrons. The first kappa shape index (κ1) is 22.5. The van der Waals surface area contributed by atoms with Gasteiger partial charge in [-0.3, -0.25) is 14.4 Å². The predicted octanol–water partition coefficient (Wildman–Crippen LogP) is 3.70. The van der Waals surface area contributed by atoms with Gasteiger partial charge in [-0.05, 0) is 42.0 Å². The summed E-state index contributed by atoms with van der Waals surface area (Å²) in [5.41, 5.74) is 3.78. The molecule has 32 heavy (non-hydrogen) atoms. The molecule has 0 heterocycles. The highest BCUT2D eigenvalue weighted by Gasteiger charge is 2.09. The molecule has 0 aliphatic rings. The van der Waals surface area contributed by atoms with E-state index in [0.29, 0.717) is 22.8 Å². The molecular formula is C24H24N4O4. The number of rotatable bonds is 8. The van der Waals surface area contributed by atoms with Crippen LogP contribution in [0.4, 0.5) is 11.4 Å². The Kier molecular flexibility index (Phi) is 7.53. The molecule has 3 amide bonds. The average Bonchev–Trinajstić information content (AvgIpc) is 2.77. The Bertz CT molecular complexity index is 1170. The number of amides is 3. The first-order chi connectivity index (χ1) is 15.4. The van der Waals surface area contributed by atoms with Crippen LogP contribution in [0, 0.1) is 0 Å². The fraction of sp³-hybridized carbons (Fsp3) is 0.167. The van der Waals surface area contributed by atoms with Gasteiger partial charge in [0.1, 0.15) is 5.75 Å². The monoisotopic (exact) mass is 432 g/mol. The smallest absolute Gasteiger partial charge is 0.277 e. The van der Waals surface area contributed by atoms with Crippen LogP contribution in [0.5, 0.6) is 5.75 Å². The molecule has 0 spiro atoms. The van der Waals surface area contributed by atoms with E-state index < -0.39 is 5.91 Å². The van der Waals surface area contributed by atoms with Crippen LogP contribution >= 0.6 is 0 Å². The quantitative estimate of drug-likeness (QED) is 0.372. The van der Waals surface area contributed by atoms with Gasteiger partial charge in [-0.2, -0.15) is 5.10 Å². The lowest BCUT2D eigenvalue weighted by molar-refractivity contribution is -0.123. The molecule has 0 bridgehead atoms. The zero-order chi connectivity index (χ0) is 22.9. The first-order valence-electron chi connectivity index (χ1n) is 10.0. The SMILES string of the molecule is CC(=O)Nc1ccccc1NC(=O)C/C(C)=N\NC(=O)COc1ccc2ccccc2c1. The number of benzene rings is 3. The van der Waals surface area contributed by atoms with Gasteiger partial charge in [0.05, 0.1) is 17.8 Å². The van der Waals surface area contributed by atoms with E-state index >= 15 is 0 Å². The van der Waals surface area contributed by atoms with Gasteiger partial charge in [-0.25, -0.2) is 5.43 Å². The summed E-state index contributed by atoms with van der Waals surface area (Å²) in [4.78, 5) is 35.6. The van der Waals surface area contributed by atoms with Crippen LogP contribution < -0.4 is 20.8 Å². The normalized spacial score (nSPS) is 11.0. The lowest BCUT2D eigenvalue weighted by atomic mass is 10.1. The van der Waals surface area contributed by atoms with E-state index in [4.69, 9.17) is 4.74 Å². The van der Waals surface area contributed by atoms with Crippen molar-refractivity contribution >= 4 is 45.6 Å². The second-order valence-electron chi connectivity index (χ2n) is 7.13. The topological polar surface area (TPSA) is 109 Å². The van der Waals surface area contributed by atoms with Crippen LogP contribution in [0.1, 0.15) is 20.3 Å². The molecule has 0 radical (unpaired) electrons. The summed E-state index contributed by atoms with van der Waals surface area (Å²) in [5.74, 6) is -0.422. The minimum absolute atomic E-state index is 0.0276. The van der Waals surface area contributed by atoms with E-state index in [1.54, 1.807) is 37.3 Å². The molecule has 0 atom stereocenters. The maximum Gasteiger partial charge on any atom is 0.277 e. The van der Waals surface area contributed by atoms with Crippen LogP contribution in [0.15, 0.2) is 71.8 Å². The molecular weight excluding hydrogens is 408 g/mol. The van der Waals surface area contributed by atoms with Crippen LogP contribution in [0.2, 0.25) is 0 Å². The van der Waals surface area contributed by atoms with Gasteiger partial charge in [0.2, 0.25) is 11.8 Å². The molecule has 0 saturated heterocycles. The highest BCUT2D eigenvalue weighted by Crippen LogP contribution is 2.21. The van der Waals surface area contributed by atoms with E-state index in [0.717, 1.165) is 10.8 Å². The number of nitrogens with zero attached hydrogens (tertiary/aromatic N) is 1. The van der Waals surface area contributed by atoms with E-state index in [1.165, 1.54) is 6.92 Å². The zero-order valence-electron chi connectivity index (χ0n) is 17.8. The summed E-state index contributed by atoms with van der Waals surface area (Å²) in [6.45, 7) is 2.82. The number of hydrazone groups is 1. The number of nitrogens with one attached hydrogen (secondary N) is 3. The minimum Gasteiger partial charge on any atom is -0.484 e. The summed E-state index contributed by atoms with van der Waals surface area (Å²) in [5, 5.41) is 11.4. The van der Waals surface area contributed by atoms with Crippen LogP contribution in [0.3, 0.4) is 0 Å². The zero-order valence-corrected chi connectivity index (χ0v) is 17.8. The van der Waals surface area contributed by atoms with Crippen LogP contribution in [-0.4, -0.2) is 30.0 Å². The van der Waals surface area contributed by atoms with Crippen LogP contribution in [-0.2, 0) is 14.4 Å². The number of hydrogen-bond acceptors (Lipinski definition) is 5. The summed E-state index contributed by atoms with van der Waals surface area (Å²) in [7, 11) is 0. The second kappa shape index (κ2) is 10.7. The van der Waals surface area contributed by atoms with E-state index in [-0.39, 0.29) is 24.8 Å². The maximum atomic E-state index is 12.3. The highest BCUT2D eigenvalue weighted by atomic mass is 16.5. The Morgan fingerprint density at radius 2 is 1.47 bits per heavy atom. The molecule has 3 N–H and O–H groups in total. The van der Waals surface area contributed by atoms with E-state index in [9.17, 15) is 14.4 Å². The van der Waals surface area contributed by atoms with Gasteiger partial charge in [0.15, 0.2) is 6.61 Å². The predicted molar refractivity (Wildman–Crippen MR) is 125 cm³/mol. The third-order valence-electron chi connectivity index (χ3n) is 4.39. The highest BCUT2D eigenvalue weighted by molar-refractivity contribution is 6.07. The summed E-state index contributed by atoms with van der Waals surface area (Å²) in [6, 6.07) is 20.3. The molecule has 0 aliphatic carbocycles. The van der Waals surface area contributed by atoms with E-state index in [1.807, 2.05) is 36.4 Å². The van der Waals surface area contributed by atoms with Gasteiger partial charge in [-0.1, -0.05) is 42.5 Å². The standard InChI is InChI=1S/C24H24N4O4/c1-16(13-23(30)26-22-10-6-5-9-21(22)25-17(2)29)27-28-24(31)15-32-20-12-11-18-7-3-4-8-19(18)14-20/h3-12,14H,13,15H2,1-2H3,(H,25,29)(H,26,30)(H,28,31)/b27-16-. The third kappa shape index (κ3) is 6.66. The number of fused-ring (bicyclic) bond motifs is 1. The summed E-state index contributed by atoms with van der Waals surface area (Å²) in [6.07, 6.45) is -0.0276. The number of anilines is 2. The van der Waals surface area contributed by atoms with Gasteiger partial charge < -0.3 is 15.4 Å². The lowest BCUT2D eigenvalue weighted by Crippen LogP contribution is -2.26. The van der Waals surface area contributed by atoms with Crippen molar-refractivity contribution in [1.29, 1.82) is 0 Å². The molecule has 8 heteroatoms. The van der Waals surface area contributed by atoms with Crippen molar-refractivity contribution in [3.05, 3.63) is 66.7 Å². The van der Waals surface area contributed by atoms with E-state index in [2.05, 4.69) is 21.2 Å². The Morgan fingerprint density at radius 1 is 0.812 bits per heavy atom. The van der Waals surface area contributed by atoms with Crippen molar-refractivity contribution in [2.24, 2.45) is 5.10 Å². The average molecular weight is 432 g/mol. The third-order valence-corrected chi connectivity index (χ3v) is 4.39. The van der Waals surface area contributed by atoms with Crippen molar-refractivity contribution in [3.63, 3.8) is 0 Å². The maximum absolute atomic E-state index is 12.3. The van der Waals surface area contributed by atoms with Crippen molar-refractivity contribution in [3.8, 4) is 5.75 Å². The van der Waals surface area contributed by atoms with Crippen molar-refractivity contribution in [1.82, 2.24) is 5.43 Å². The molecule has 3 aromatic rings. The molecule has 8 nitrogen and oxygen atoms in total. The molecule has 0 unspecified atom stereocenters. The number of hydrogen-bond donors (Lipinski definition) is 3. The molecule has 0 fully saturated rings. The second-order valence-corrected chi connectivity index (χ2v) is 7.13. The molecule has 3 aromatic carbocycles. The largest absolute Gasteiger partial charge is 0.484 e. The van der Waals surface area contributed by atoms with Crippen molar-refractivity contribution in [2.45, 2.75) is 20.3 Å². The molecule has 0 aromatic heterocycles. The number of para-hydroxylation sites is 2. The first-order valence-corrected chi connectivity index (χ1v) is 10.0. The molecule has 0 saturated carbocycles. The minimum atomic E-state index is -0.436. The van der Waals surface area contributed by atoms with Gasteiger partial charge in [0.25, 0.3) is 5.91 Å². The summed E-state index contributed by atoms with van der Waals surface area (Å²) >= 11 is 0. The van der Waals surface area contributed by atoms with Gasteiger partial charge >= 0.3 is 0 Å². The van der Waals surface area contributed by atoms with Gasteiger partial charge in [0, 0.05) is 12.6 Å². The molecule has 3 rings (SSSR count). The number of ether oxygens (including phenoxy) is 1. The fourth-order valence-electron chi connectivity index (χ4n) is 2.95. The number of carbonyl (C=O) groups is 3. The molecule has 0 aliphatic heterocycles. The number of carbonyl (C=O) groups excluding carboxylic acids is 3.